The van der Waals surface area contributed by atoms with E-state index in [2.05, 4.69) is 4.98 Å². The summed E-state index contributed by atoms with van der Waals surface area (Å²) in [5.74, 6) is 0.579. The van der Waals surface area contributed by atoms with Crippen molar-refractivity contribution in [2.24, 2.45) is 5.92 Å². The Morgan fingerprint density at radius 3 is 2.94 bits per heavy atom. The van der Waals surface area contributed by atoms with Gasteiger partial charge in [0.25, 0.3) is 0 Å². The van der Waals surface area contributed by atoms with Crippen LogP contribution in [0.15, 0.2) is 12.3 Å². The van der Waals surface area contributed by atoms with E-state index in [-0.39, 0.29) is 22.6 Å². The molecule has 1 aromatic rings. The number of aryl methyl sites for hydroxylation is 1. The van der Waals surface area contributed by atoms with Crippen LogP contribution >= 0.6 is 0 Å². The summed E-state index contributed by atoms with van der Waals surface area (Å²) in [4.78, 5) is 16.8. The summed E-state index contributed by atoms with van der Waals surface area (Å²) in [6.07, 6.45) is 2.04. The van der Waals surface area contributed by atoms with Crippen molar-refractivity contribution in [1.82, 2.24) is 4.98 Å². The fourth-order valence-electron chi connectivity index (χ4n) is 2.37. The summed E-state index contributed by atoms with van der Waals surface area (Å²) in [6, 6.07) is 1.64. The number of hydrogen-bond acceptors (Lipinski definition) is 5. The molecular weight excluding hydrogens is 234 g/mol. The molecule has 0 bridgehead atoms. The minimum atomic E-state index is -0.390. The second kappa shape index (κ2) is 4.89. The summed E-state index contributed by atoms with van der Waals surface area (Å²) in [5.41, 5.74) is 0.689. The van der Waals surface area contributed by atoms with E-state index in [4.69, 9.17) is 0 Å². The van der Waals surface area contributed by atoms with Crippen LogP contribution in [0, 0.1) is 23.0 Å². The van der Waals surface area contributed by atoms with Gasteiger partial charge in [-0.1, -0.05) is 0 Å². The molecule has 1 saturated heterocycles. The van der Waals surface area contributed by atoms with Gasteiger partial charge in [0.2, 0.25) is 5.82 Å². The van der Waals surface area contributed by atoms with Gasteiger partial charge in [-0.15, -0.1) is 0 Å². The molecule has 1 N–H and O–H groups in total. The van der Waals surface area contributed by atoms with E-state index in [0.717, 1.165) is 6.42 Å². The number of aromatic nitrogens is 1. The zero-order valence-corrected chi connectivity index (χ0v) is 10.5. The highest BCUT2D eigenvalue weighted by molar-refractivity contribution is 5.61. The average Bonchev–Trinajstić information content (AvgIpc) is 2.77. The molecule has 0 saturated carbocycles. The van der Waals surface area contributed by atoms with Crippen molar-refractivity contribution >= 4 is 11.5 Å². The van der Waals surface area contributed by atoms with Crippen LogP contribution in [0.2, 0.25) is 0 Å². The minimum Gasteiger partial charge on any atom is -0.393 e. The monoisotopic (exact) mass is 251 g/mol. The number of rotatable bonds is 3. The van der Waals surface area contributed by atoms with E-state index in [1.165, 1.54) is 0 Å². The molecule has 2 unspecified atom stereocenters. The maximum absolute atomic E-state index is 11.1. The Kier molecular flexibility index (Phi) is 3.47. The van der Waals surface area contributed by atoms with Gasteiger partial charge < -0.3 is 10.0 Å². The van der Waals surface area contributed by atoms with Gasteiger partial charge >= 0.3 is 5.69 Å². The van der Waals surface area contributed by atoms with Gasteiger partial charge in [0.1, 0.15) is 0 Å². The van der Waals surface area contributed by atoms with Crippen molar-refractivity contribution < 1.29 is 10.0 Å². The van der Waals surface area contributed by atoms with Crippen LogP contribution in [0.5, 0.6) is 0 Å². The van der Waals surface area contributed by atoms with E-state index >= 15 is 0 Å². The van der Waals surface area contributed by atoms with Crippen LogP contribution in [0.3, 0.4) is 0 Å². The molecule has 18 heavy (non-hydrogen) atoms. The molecule has 98 valence electrons. The van der Waals surface area contributed by atoms with Gasteiger partial charge in [0.05, 0.1) is 11.0 Å². The number of pyridine rings is 1. The van der Waals surface area contributed by atoms with Crippen molar-refractivity contribution in [2.75, 3.05) is 18.0 Å². The number of nitrogens with zero attached hydrogens (tertiary/aromatic N) is 3. The van der Waals surface area contributed by atoms with Gasteiger partial charge in [0, 0.05) is 30.8 Å². The van der Waals surface area contributed by atoms with Gasteiger partial charge in [-0.25, -0.2) is 4.98 Å². The third-order valence-electron chi connectivity index (χ3n) is 3.50. The van der Waals surface area contributed by atoms with Crippen LogP contribution in [0.4, 0.5) is 11.5 Å². The lowest BCUT2D eigenvalue weighted by molar-refractivity contribution is -0.384. The van der Waals surface area contributed by atoms with Gasteiger partial charge in [-0.05, 0) is 26.3 Å². The molecular formula is C12H17N3O3. The zero-order chi connectivity index (χ0) is 13.3. The molecule has 2 rings (SSSR count). The van der Waals surface area contributed by atoms with E-state index in [1.54, 1.807) is 26.1 Å². The first-order valence-electron chi connectivity index (χ1n) is 6.03. The standard InChI is InChI=1S/C12H17N3O3/c1-8-3-5-13-12(11(8)15(17)18)14-6-4-10(7-14)9(2)16/h3,5,9-10,16H,4,6-7H2,1-2H3. The fraction of sp³-hybridized carbons (Fsp3) is 0.583. The molecule has 1 aliphatic heterocycles. The first-order valence-corrected chi connectivity index (χ1v) is 6.03. The fourth-order valence-corrected chi connectivity index (χ4v) is 2.37. The van der Waals surface area contributed by atoms with Crippen molar-refractivity contribution in [2.45, 2.75) is 26.4 Å². The maximum atomic E-state index is 11.1. The summed E-state index contributed by atoms with van der Waals surface area (Å²) in [7, 11) is 0. The number of anilines is 1. The summed E-state index contributed by atoms with van der Waals surface area (Å²) >= 11 is 0. The van der Waals surface area contributed by atoms with Gasteiger partial charge in [-0.2, -0.15) is 0 Å². The number of aliphatic hydroxyl groups is 1. The maximum Gasteiger partial charge on any atom is 0.314 e. The lowest BCUT2D eigenvalue weighted by Crippen LogP contribution is -2.25. The van der Waals surface area contributed by atoms with E-state index in [0.29, 0.717) is 24.5 Å². The largest absolute Gasteiger partial charge is 0.393 e. The Balaban J connectivity index is 2.30. The molecule has 0 spiro atoms. The number of hydrogen-bond donors (Lipinski definition) is 1. The van der Waals surface area contributed by atoms with Gasteiger partial charge in [-0.3, -0.25) is 10.1 Å². The van der Waals surface area contributed by atoms with Crippen LogP contribution in [0.25, 0.3) is 0 Å². The highest BCUT2D eigenvalue weighted by atomic mass is 16.6. The summed E-state index contributed by atoms with van der Waals surface area (Å²) < 4.78 is 0. The molecule has 6 nitrogen and oxygen atoms in total. The van der Waals surface area contributed by atoms with Crippen molar-refractivity contribution in [1.29, 1.82) is 0 Å². The Morgan fingerprint density at radius 1 is 1.67 bits per heavy atom. The third-order valence-corrected chi connectivity index (χ3v) is 3.50. The molecule has 0 radical (unpaired) electrons. The Hall–Kier alpha value is -1.69. The molecule has 6 heteroatoms. The highest BCUT2D eigenvalue weighted by Gasteiger charge is 2.31. The normalized spacial score (nSPS) is 21.1. The Morgan fingerprint density at radius 2 is 2.39 bits per heavy atom. The quantitative estimate of drug-likeness (QED) is 0.650. The predicted molar refractivity (Wildman–Crippen MR) is 67.6 cm³/mol. The SMILES string of the molecule is Cc1ccnc(N2CCC(C(C)O)C2)c1[N+](=O)[O-]. The molecule has 0 aliphatic carbocycles. The molecule has 1 fully saturated rings. The van der Waals surface area contributed by atoms with Crippen molar-refractivity contribution in [3.8, 4) is 0 Å². The summed E-state index contributed by atoms with van der Waals surface area (Å²) in [5, 5.41) is 20.7. The molecule has 0 aromatic carbocycles. The first-order chi connectivity index (χ1) is 8.50. The zero-order valence-electron chi connectivity index (χ0n) is 10.5. The second-order valence-corrected chi connectivity index (χ2v) is 4.79. The molecule has 2 atom stereocenters. The van der Waals surface area contributed by atoms with E-state index in [1.807, 2.05) is 4.90 Å². The van der Waals surface area contributed by atoms with Crippen LogP contribution in [-0.2, 0) is 0 Å². The first kappa shape index (κ1) is 12.8. The van der Waals surface area contributed by atoms with Crippen LogP contribution < -0.4 is 4.90 Å². The van der Waals surface area contributed by atoms with Crippen LogP contribution in [-0.4, -0.2) is 34.2 Å². The average molecular weight is 251 g/mol. The Bertz CT molecular complexity index is 462. The molecule has 1 aliphatic rings. The second-order valence-electron chi connectivity index (χ2n) is 4.79. The van der Waals surface area contributed by atoms with Gasteiger partial charge in [0.15, 0.2) is 0 Å². The Labute approximate surface area is 105 Å². The molecule has 0 amide bonds. The summed E-state index contributed by atoms with van der Waals surface area (Å²) in [6.45, 7) is 4.79. The topological polar surface area (TPSA) is 79.5 Å². The minimum absolute atomic E-state index is 0.0729. The third kappa shape index (κ3) is 2.28. The molecule has 1 aromatic heterocycles. The van der Waals surface area contributed by atoms with Crippen molar-refractivity contribution in [3.05, 3.63) is 27.9 Å². The van der Waals surface area contributed by atoms with Crippen molar-refractivity contribution in [3.63, 3.8) is 0 Å². The predicted octanol–water partition coefficient (Wildman–Crippen LogP) is 1.51. The molecule has 2 heterocycles. The van der Waals surface area contributed by atoms with E-state index < -0.39 is 0 Å². The smallest absolute Gasteiger partial charge is 0.314 e. The number of aliphatic hydroxyl groups excluding tert-OH is 1. The highest BCUT2D eigenvalue weighted by Crippen LogP contribution is 2.33. The lowest BCUT2D eigenvalue weighted by atomic mass is 10.0. The van der Waals surface area contributed by atoms with Crippen LogP contribution in [0.1, 0.15) is 18.9 Å². The number of nitro groups is 1. The lowest BCUT2D eigenvalue weighted by Gasteiger charge is -2.18. The van der Waals surface area contributed by atoms with E-state index in [9.17, 15) is 15.2 Å².